The number of ether oxygens (including phenoxy) is 1. The quantitative estimate of drug-likeness (QED) is 0.619. The van der Waals surface area contributed by atoms with Crippen LogP contribution in [0.3, 0.4) is 0 Å². The van der Waals surface area contributed by atoms with E-state index in [-0.39, 0.29) is 57.4 Å². The summed E-state index contributed by atoms with van der Waals surface area (Å²) in [6.07, 6.45) is 0. The van der Waals surface area contributed by atoms with Gasteiger partial charge in [0.05, 0.1) is 5.56 Å². The van der Waals surface area contributed by atoms with Crippen molar-refractivity contribution in [1.82, 2.24) is 0 Å². The van der Waals surface area contributed by atoms with Gasteiger partial charge in [-0.3, -0.25) is 0 Å². The average molecular weight is 252 g/mol. The summed E-state index contributed by atoms with van der Waals surface area (Å²) in [6.45, 7) is 0.314. The van der Waals surface area contributed by atoms with Gasteiger partial charge in [0.1, 0.15) is 6.61 Å². The van der Waals surface area contributed by atoms with Crippen molar-refractivity contribution in [2.75, 3.05) is 0 Å². The van der Waals surface area contributed by atoms with Crippen LogP contribution in [0.1, 0.15) is 15.9 Å². The summed E-state index contributed by atoms with van der Waals surface area (Å²) in [6, 6.07) is 18.6. The van der Waals surface area contributed by atoms with Crippen LogP contribution < -0.4 is 0 Å². The van der Waals surface area contributed by atoms with Crippen LogP contribution in [-0.4, -0.2) is 57.4 Å². The Morgan fingerprint density at radius 3 is 2.00 bits per heavy atom. The van der Waals surface area contributed by atoms with E-state index < -0.39 is 0 Å². The zero-order valence-corrected chi connectivity index (χ0v) is 8.80. The third-order valence-corrected chi connectivity index (χ3v) is 2.22. The average Bonchev–Trinajstić information content (AvgIpc) is 2.38. The van der Waals surface area contributed by atoms with Gasteiger partial charge in [-0.25, -0.2) is 4.79 Å². The number of hydrogen-bond donors (Lipinski definition) is 0. The Morgan fingerprint density at radius 2 is 1.41 bits per heavy atom. The Bertz CT molecular complexity index is 454. The van der Waals surface area contributed by atoms with Gasteiger partial charge in [-0.05, 0) is 17.7 Å². The van der Waals surface area contributed by atoms with E-state index in [0.717, 1.165) is 5.56 Å². The van der Waals surface area contributed by atoms with Crippen LogP contribution in [0.2, 0.25) is 0 Å². The molecule has 0 aliphatic rings. The van der Waals surface area contributed by atoms with Gasteiger partial charge in [0.2, 0.25) is 0 Å². The number of carbonyl (C=O) groups is 1. The molecule has 2 aromatic rings. The topological polar surface area (TPSA) is 26.3 Å². The molecule has 0 N–H and O–H groups in total. The molecule has 2 rings (SSSR count). The normalized spacial score (nSPS) is 9.18. The summed E-state index contributed by atoms with van der Waals surface area (Å²) in [5, 5.41) is 0. The third-order valence-electron chi connectivity index (χ3n) is 2.22. The van der Waals surface area contributed by atoms with Gasteiger partial charge in [-0.1, -0.05) is 48.5 Å². The molecule has 0 aromatic heterocycles. The summed E-state index contributed by atoms with van der Waals surface area (Å²) in [5.41, 5.74) is 1.57. The van der Waals surface area contributed by atoms with Crippen LogP contribution in [-0.2, 0) is 11.3 Å². The van der Waals surface area contributed by atoms with E-state index in [4.69, 9.17) is 4.74 Å². The molecule has 17 heavy (non-hydrogen) atoms. The minimum atomic E-state index is -0.288. The first-order valence-corrected chi connectivity index (χ1v) is 5.12. The predicted molar refractivity (Wildman–Crippen MR) is 69.2 cm³/mol. The van der Waals surface area contributed by atoms with Crippen LogP contribution in [0.5, 0.6) is 0 Å². The summed E-state index contributed by atoms with van der Waals surface area (Å²) in [4.78, 5) is 11.6. The van der Waals surface area contributed by atoms with Gasteiger partial charge in [0, 0.05) is 0 Å². The molecule has 0 amide bonds. The molecular formula is C14H13KO2. The molecule has 2 aromatic carbocycles. The first-order chi connectivity index (χ1) is 7.86. The van der Waals surface area contributed by atoms with Gasteiger partial charge in [0.15, 0.2) is 0 Å². The number of esters is 1. The van der Waals surface area contributed by atoms with Gasteiger partial charge in [0.25, 0.3) is 0 Å². The van der Waals surface area contributed by atoms with Gasteiger partial charge in [-0.2, -0.15) is 0 Å². The summed E-state index contributed by atoms with van der Waals surface area (Å²) < 4.78 is 5.18. The first kappa shape index (κ1) is 14.6. The van der Waals surface area contributed by atoms with Crippen molar-refractivity contribution in [3.63, 3.8) is 0 Å². The summed E-state index contributed by atoms with van der Waals surface area (Å²) >= 11 is 0. The van der Waals surface area contributed by atoms with Gasteiger partial charge < -0.3 is 4.74 Å². The molecule has 0 saturated carbocycles. The number of carbonyl (C=O) groups excluding carboxylic acids is 1. The zero-order chi connectivity index (χ0) is 11.2. The Balaban J connectivity index is 0.00000144. The molecule has 0 fully saturated rings. The van der Waals surface area contributed by atoms with Gasteiger partial charge in [-0.15, -0.1) is 0 Å². The Labute approximate surface area is 143 Å². The molecule has 2 nitrogen and oxygen atoms in total. The third kappa shape index (κ3) is 4.73. The number of hydrogen-bond acceptors (Lipinski definition) is 2. The van der Waals surface area contributed by atoms with Crippen molar-refractivity contribution in [2.24, 2.45) is 0 Å². The van der Waals surface area contributed by atoms with Crippen molar-refractivity contribution in [1.29, 1.82) is 0 Å². The minimum absolute atomic E-state index is 0. The SMILES string of the molecule is O=C(OCc1ccccc1)c1ccccc1.[KH]. The van der Waals surface area contributed by atoms with E-state index >= 15 is 0 Å². The van der Waals surface area contributed by atoms with E-state index in [1.807, 2.05) is 48.5 Å². The Kier molecular flexibility index (Phi) is 6.70. The van der Waals surface area contributed by atoms with Crippen molar-refractivity contribution in [3.05, 3.63) is 71.8 Å². The Morgan fingerprint density at radius 1 is 0.882 bits per heavy atom. The van der Waals surface area contributed by atoms with Crippen LogP contribution in [0.25, 0.3) is 0 Å². The molecule has 0 bridgehead atoms. The molecule has 0 spiro atoms. The van der Waals surface area contributed by atoms with Crippen molar-refractivity contribution in [2.45, 2.75) is 6.61 Å². The molecule has 3 heteroatoms. The second kappa shape index (κ2) is 7.79. The molecule has 0 unspecified atom stereocenters. The maximum absolute atomic E-state index is 11.6. The molecule has 0 heterocycles. The maximum atomic E-state index is 11.6. The molecule has 0 aliphatic heterocycles. The fourth-order valence-electron chi connectivity index (χ4n) is 1.38. The number of benzene rings is 2. The summed E-state index contributed by atoms with van der Waals surface area (Å²) in [5.74, 6) is -0.288. The van der Waals surface area contributed by atoms with Crippen LogP contribution in [0, 0.1) is 0 Å². The van der Waals surface area contributed by atoms with Crippen molar-refractivity contribution >= 4 is 57.4 Å². The van der Waals surface area contributed by atoms with Crippen LogP contribution >= 0.6 is 0 Å². The van der Waals surface area contributed by atoms with Crippen molar-refractivity contribution in [3.8, 4) is 0 Å². The fraction of sp³-hybridized carbons (Fsp3) is 0.0714. The van der Waals surface area contributed by atoms with E-state index in [2.05, 4.69) is 0 Å². The van der Waals surface area contributed by atoms with E-state index in [1.165, 1.54) is 0 Å². The molecule has 0 saturated heterocycles. The van der Waals surface area contributed by atoms with Gasteiger partial charge >= 0.3 is 57.4 Å². The fourth-order valence-corrected chi connectivity index (χ4v) is 1.38. The van der Waals surface area contributed by atoms with E-state index in [1.54, 1.807) is 12.1 Å². The van der Waals surface area contributed by atoms with Crippen LogP contribution in [0.4, 0.5) is 0 Å². The molecule has 82 valence electrons. The van der Waals surface area contributed by atoms with E-state index in [9.17, 15) is 4.79 Å². The second-order valence-corrected chi connectivity index (χ2v) is 3.43. The summed E-state index contributed by atoms with van der Waals surface area (Å²) in [7, 11) is 0. The second-order valence-electron chi connectivity index (χ2n) is 3.43. The monoisotopic (exact) mass is 252 g/mol. The first-order valence-electron chi connectivity index (χ1n) is 5.12. The van der Waals surface area contributed by atoms with Crippen molar-refractivity contribution < 1.29 is 9.53 Å². The Hall–Kier alpha value is -0.454. The zero-order valence-electron chi connectivity index (χ0n) is 8.80. The predicted octanol–water partition coefficient (Wildman–Crippen LogP) is 2.40. The van der Waals surface area contributed by atoms with Crippen LogP contribution in [0.15, 0.2) is 60.7 Å². The molecular weight excluding hydrogens is 239 g/mol. The standard InChI is InChI=1S/C14H12O2.K.H/c15-14(13-9-5-2-6-10-13)16-11-12-7-3-1-4-8-12;;/h1-10H,11H2;;. The molecule has 0 atom stereocenters. The molecule has 0 radical (unpaired) electrons. The van der Waals surface area contributed by atoms with E-state index in [0.29, 0.717) is 12.2 Å². The number of rotatable bonds is 3. The molecule has 0 aliphatic carbocycles.